The number of H-pyrrole nitrogens is 1. The summed E-state index contributed by atoms with van der Waals surface area (Å²) in [6, 6.07) is 5.60. The van der Waals surface area contributed by atoms with Crippen LogP contribution >= 0.6 is 11.3 Å². The Kier molecular flexibility index (Phi) is 5.16. The van der Waals surface area contributed by atoms with E-state index in [4.69, 9.17) is 4.74 Å². The topological polar surface area (TPSA) is 101 Å². The molecule has 1 atom stereocenters. The Labute approximate surface area is 165 Å². The van der Waals surface area contributed by atoms with Gasteiger partial charge in [0.05, 0.1) is 23.2 Å². The number of piperidine rings is 1. The van der Waals surface area contributed by atoms with Crippen LogP contribution in [0.2, 0.25) is 0 Å². The lowest BCUT2D eigenvalue weighted by atomic mass is 9.96. The second-order valence-electron chi connectivity index (χ2n) is 6.54. The minimum absolute atomic E-state index is 0.0236. The normalized spacial score (nSPS) is 16.8. The first kappa shape index (κ1) is 18.3. The quantitative estimate of drug-likeness (QED) is 0.725. The van der Waals surface area contributed by atoms with E-state index in [1.54, 1.807) is 16.2 Å². The largest absolute Gasteiger partial charge is 0.467 e. The molecule has 1 fully saturated rings. The molecular formula is C19H19N5O3S. The van der Waals surface area contributed by atoms with Crippen LogP contribution in [-0.4, -0.2) is 50.9 Å². The van der Waals surface area contributed by atoms with E-state index >= 15 is 0 Å². The predicted molar refractivity (Wildman–Crippen MR) is 105 cm³/mol. The summed E-state index contributed by atoms with van der Waals surface area (Å²) in [7, 11) is 1.48. The van der Waals surface area contributed by atoms with Gasteiger partial charge in [-0.05, 0) is 24.3 Å². The van der Waals surface area contributed by atoms with E-state index in [1.807, 2.05) is 17.5 Å². The van der Waals surface area contributed by atoms with Gasteiger partial charge in [-0.25, -0.2) is 15.0 Å². The molecule has 4 rings (SSSR count). The molecule has 0 saturated carbocycles. The fourth-order valence-corrected chi connectivity index (χ4v) is 4.01. The van der Waals surface area contributed by atoms with Gasteiger partial charge in [0.25, 0.3) is 11.5 Å². The Bertz CT molecular complexity index is 1020. The van der Waals surface area contributed by atoms with Gasteiger partial charge in [0.15, 0.2) is 0 Å². The summed E-state index contributed by atoms with van der Waals surface area (Å²) in [5.74, 6) is 0.466. The fourth-order valence-electron chi connectivity index (χ4n) is 3.32. The number of hydrogen-bond acceptors (Lipinski definition) is 7. The second-order valence-corrected chi connectivity index (χ2v) is 7.49. The number of likely N-dealkylation sites (tertiary alicyclic amines) is 1. The summed E-state index contributed by atoms with van der Waals surface area (Å²) in [5.41, 5.74) is 0.899. The minimum atomic E-state index is -0.180. The Morgan fingerprint density at radius 3 is 2.89 bits per heavy atom. The zero-order valence-electron chi connectivity index (χ0n) is 15.3. The van der Waals surface area contributed by atoms with Crippen LogP contribution in [0, 0.1) is 0 Å². The molecule has 9 heteroatoms. The molecule has 1 N–H and O–H groups in total. The van der Waals surface area contributed by atoms with Crippen molar-refractivity contribution < 1.29 is 9.53 Å². The van der Waals surface area contributed by atoms with Crippen LogP contribution in [0.15, 0.2) is 40.8 Å². The first-order chi connectivity index (χ1) is 13.6. The minimum Gasteiger partial charge on any atom is -0.467 e. The third-order valence-electron chi connectivity index (χ3n) is 4.69. The summed E-state index contributed by atoms with van der Waals surface area (Å²) >= 11 is 1.54. The maximum absolute atomic E-state index is 12.8. The van der Waals surface area contributed by atoms with Crippen molar-refractivity contribution >= 4 is 17.2 Å². The van der Waals surface area contributed by atoms with E-state index in [0.717, 1.165) is 17.7 Å². The van der Waals surface area contributed by atoms with Crippen molar-refractivity contribution in [1.29, 1.82) is 0 Å². The van der Waals surface area contributed by atoms with Crippen LogP contribution in [-0.2, 0) is 0 Å². The second kappa shape index (κ2) is 7.89. The van der Waals surface area contributed by atoms with Gasteiger partial charge < -0.3 is 14.6 Å². The number of nitrogens with one attached hydrogen (secondary N) is 1. The van der Waals surface area contributed by atoms with Gasteiger partial charge in [-0.3, -0.25) is 9.59 Å². The Balaban J connectivity index is 1.55. The average Bonchev–Trinajstić information content (AvgIpc) is 3.28. The van der Waals surface area contributed by atoms with Crippen molar-refractivity contribution in [3.8, 4) is 16.6 Å². The highest BCUT2D eigenvalue weighted by Gasteiger charge is 2.27. The monoisotopic (exact) mass is 397 g/mol. The number of ether oxygens (including phenoxy) is 1. The molecule has 144 valence electrons. The number of hydrogen-bond donors (Lipinski definition) is 1. The number of aromatic amines is 1. The summed E-state index contributed by atoms with van der Waals surface area (Å²) in [4.78, 5) is 43.2. The van der Waals surface area contributed by atoms with Crippen LogP contribution in [0.1, 0.15) is 34.9 Å². The number of carbonyl (C=O) groups is 1. The standard InChI is InChI=1S/C19H19N5O3S/c1-27-19-20-9-13(10-21-19)18(26)24-6-2-4-12(11-24)17-22-14(8-16(25)23-17)15-5-3-7-28-15/h3,5,7-10,12H,2,4,6,11H2,1H3,(H,22,23,25)/t12-/m1/s1. The SMILES string of the molecule is COc1ncc(C(=O)N2CCC[C@@H](c3nc(-c4cccs4)cc(=O)[nH]3)C2)cn1. The van der Waals surface area contributed by atoms with E-state index in [2.05, 4.69) is 19.9 Å². The van der Waals surface area contributed by atoms with Gasteiger partial charge in [-0.1, -0.05) is 6.07 Å². The smallest absolute Gasteiger partial charge is 0.316 e. The van der Waals surface area contributed by atoms with E-state index in [0.29, 0.717) is 30.2 Å². The maximum atomic E-state index is 12.8. The van der Waals surface area contributed by atoms with Crippen LogP contribution in [0.4, 0.5) is 0 Å². The number of methoxy groups -OCH3 is 1. The molecule has 1 saturated heterocycles. The summed E-state index contributed by atoms with van der Waals surface area (Å²) in [5, 5.41) is 1.95. The Morgan fingerprint density at radius 1 is 1.36 bits per heavy atom. The Hall–Kier alpha value is -3.07. The number of rotatable bonds is 4. The van der Waals surface area contributed by atoms with Crippen molar-refractivity contribution in [3.05, 3.63) is 57.7 Å². The van der Waals surface area contributed by atoms with Gasteiger partial charge in [-0.15, -0.1) is 11.3 Å². The molecule has 0 spiro atoms. The number of thiophene rings is 1. The predicted octanol–water partition coefficient (Wildman–Crippen LogP) is 2.32. The van der Waals surface area contributed by atoms with Crippen molar-refractivity contribution in [2.45, 2.75) is 18.8 Å². The van der Waals surface area contributed by atoms with Crippen LogP contribution in [0.25, 0.3) is 10.6 Å². The van der Waals surface area contributed by atoms with Crippen molar-refractivity contribution in [1.82, 2.24) is 24.8 Å². The van der Waals surface area contributed by atoms with Gasteiger partial charge in [0, 0.05) is 37.5 Å². The fraction of sp³-hybridized carbons (Fsp3) is 0.316. The van der Waals surface area contributed by atoms with Gasteiger partial charge in [0.1, 0.15) is 5.82 Å². The number of amides is 1. The van der Waals surface area contributed by atoms with Gasteiger partial charge in [0.2, 0.25) is 0 Å². The van der Waals surface area contributed by atoms with E-state index in [-0.39, 0.29) is 23.4 Å². The molecule has 1 aliphatic rings. The molecule has 1 aliphatic heterocycles. The Morgan fingerprint density at radius 2 is 2.18 bits per heavy atom. The number of carbonyl (C=O) groups excluding carboxylic acids is 1. The molecule has 28 heavy (non-hydrogen) atoms. The average molecular weight is 397 g/mol. The van der Waals surface area contributed by atoms with Crippen LogP contribution in [0.3, 0.4) is 0 Å². The third-order valence-corrected chi connectivity index (χ3v) is 5.58. The summed E-state index contributed by atoms with van der Waals surface area (Å²) in [6.07, 6.45) is 4.63. The van der Waals surface area contributed by atoms with Gasteiger partial charge >= 0.3 is 6.01 Å². The van der Waals surface area contributed by atoms with Crippen molar-refractivity contribution in [2.24, 2.45) is 0 Å². The number of aromatic nitrogens is 4. The molecule has 3 aromatic rings. The highest BCUT2D eigenvalue weighted by atomic mass is 32.1. The third kappa shape index (κ3) is 3.79. The van der Waals surface area contributed by atoms with Crippen molar-refractivity contribution in [2.75, 3.05) is 20.2 Å². The molecular weight excluding hydrogens is 378 g/mol. The van der Waals surface area contributed by atoms with Crippen molar-refractivity contribution in [3.63, 3.8) is 0 Å². The summed E-state index contributed by atoms with van der Waals surface area (Å²) < 4.78 is 4.93. The molecule has 0 aromatic carbocycles. The number of nitrogens with zero attached hydrogens (tertiary/aromatic N) is 4. The van der Waals surface area contributed by atoms with Crippen LogP contribution < -0.4 is 10.3 Å². The molecule has 3 aromatic heterocycles. The molecule has 0 bridgehead atoms. The van der Waals surface area contributed by atoms with E-state index < -0.39 is 0 Å². The molecule has 1 amide bonds. The zero-order chi connectivity index (χ0) is 19.5. The van der Waals surface area contributed by atoms with E-state index in [9.17, 15) is 9.59 Å². The lowest BCUT2D eigenvalue weighted by molar-refractivity contribution is 0.0703. The highest BCUT2D eigenvalue weighted by molar-refractivity contribution is 7.13. The first-order valence-electron chi connectivity index (χ1n) is 8.94. The summed E-state index contributed by atoms with van der Waals surface area (Å²) in [6.45, 7) is 1.14. The lowest BCUT2D eigenvalue weighted by Crippen LogP contribution is -2.40. The molecule has 8 nitrogen and oxygen atoms in total. The molecule has 4 heterocycles. The molecule has 0 unspecified atom stereocenters. The maximum Gasteiger partial charge on any atom is 0.316 e. The first-order valence-corrected chi connectivity index (χ1v) is 9.82. The van der Waals surface area contributed by atoms with E-state index in [1.165, 1.54) is 25.6 Å². The lowest BCUT2D eigenvalue weighted by Gasteiger charge is -2.32. The zero-order valence-corrected chi connectivity index (χ0v) is 16.1. The molecule has 0 radical (unpaired) electrons. The van der Waals surface area contributed by atoms with Gasteiger partial charge in [-0.2, -0.15) is 0 Å². The highest BCUT2D eigenvalue weighted by Crippen LogP contribution is 2.27. The van der Waals surface area contributed by atoms with Crippen LogP contribution in [0.5, 0.6) is 6.01 Å². The molecule has 0 aliphatic carbocycles.